The Kier molecular flexibility index (Phi) is 4.79. The normalized spacial score (nSPS) is 25.2. The summed E-state index contributed by atoms with van der Waals surface area (Å²) in [5, 5.41) is 0.349. The van der Waals surface area contributed by atoms with Crippen molar-refractivity contribution in [1.82, 2.24) is 9.97 Å². The molecule has 1 saturated heterocycles. The highest BCUT2D eigenvalue weighted by Crippen LogP contribution is 2.47. The maximum absolute atomic E-state index is 5.93. The van der Waals surface area contributed by atoms with Crippen LogP contribution in [0.15, 0.2) is 6.20 Å². The van der Waals surface area contributed by atoms with Crippen LogP contribution in [-0.4, -0.2) is 22.2 Å². The summed E-state index contributed by atoms with van der Waals surface area (Å²) >= 11 is 5.81. The zero-order valence-corrected chi connectivity index (χ0v) is 14.2. The average Bonchev–Trinajstić information content (AvgIpc) is 2.36. The quantitative estimate of drug-likeness (QED) is 0.916. The van der Waals surface area contributed by atoms with E-state index in [0.717, 1.165) is 38.0 Å². The van der Waals surface area contributed by atoms with Gasteiger partial charge in [-0.25, -0.2) is 4.98 Å². The lowest BCUT2D eigenvalue weighted by molar-refractivity contribution is -0.121. The molecule has 0 saturated carbocycles. The molecule has 1 aliphatic heterocycles. The summed E-state index contributed by atoms with van der Waals surface area (Å²) in [7, 11) is 0. The predicted octanol–water partition coefficient (Wildman–Crippen LogP) is 3.88. The van der Waals surface area contributed by atoms with Gasteiger partial charge in [0.15, 0.2) is 0 Å². The first-order chi connectivity index (χ1) is 9.74. The minimum Gasteiger partial charge on any atom is -0.382 e. The molecule has 0 spiro atoms. The number of nitrogens with two attached hydrogens (primary N) is 1. The van der Waals surface area contributed by atoms with Crippen LogP contribution in [0.1, 0.15) is 52.7 Å². The van der Waals surface area contributed by atoms with Crippen LogP contribution < -0.4 is 5.73 Å². The first-order valence-electron chi connectivity index (χ1n) is 7.65. The van der Waals surface area contributed by atoms with Gasteiger partial charge in [-0.05, 0) is 50.9 Å². The minimum atomic E-state index is -0.0558. The molecule has 2 N–H and O–H groups in total. The molecule has 1 aromatic rings. The third-order valence-electron chi connectivity index (χ3n) is 4.80. The smallest absolute Gasteiger partial charge is 0.149 e. The Labute approximate surface area is 132 Å². The van der Waals surface area contributed by atoms with Crippen LogP contribution in [0.3, 0.4) is 0 Å². The Hall–Kier alpha value is -0.870. The number of rotatable bonds is 4. The topological polar surface area (TPSA) is 61.0 Å². The van der Waals surface area contributed by atoms with Crippen LogP contribution >= 0.6 is 11.6 Å². The van der Waals surface area contributed by atoms with Crippen molar-refractivity contribution in [2.45, 2.75) is 59.0 Å². The first-order valence-corrected chi connectivity index (χ1v) is 8.03. The van der Waals surface area contributed by atoms with E-state index in [9.17, 15) is 0 Å². The number of ether oxygens (including phenoxy) is 1. The number of hydrogen-bond donors (Lipinski definition) is 1. The second-order valence-corrected chi connectivity index (χ2v) is 7.46. The molecule has 1 atom stereocenters. The number of nitrogen functional groups attached to an aromatic ring is 1. The number of hydrogen-bond acceptors (Lipinski definition) is 4. The van der Waals surface area contributed by atoms with Crippen LogP contribution in [0.25, 0.3) is 0 Å². The molecular formula is C16H26ClN3O. The van der Waals surface area contributed by atoms with Crippen molar-refractivity contribution >= 4 is 17.4 Å². The summed E-state index contributed by atoms with van der Waals surface area (Å²) in [5.74, 6) is 1.05. The van der Waals surface area contributed by atoms with E-state index >= 15 is 0 Å². The third-order valence-corrected chi connectivity index (χ3v) is 4.99. The fourth-order valence-electron chi connectivity index (χ4n) is 3.48. The third kappa shape index (κ3) is 3.86. The zero-order chi connectivity index (χ0) is 15.7. The van der Waals surface area contributed by atoms with E-state index in [1.807, 2.05) is 0 Å². The van der Waals surface area contributed by atoms with Gasteiger partial charge >= 0.3 is 0 Å². The van der Waals surface area contributed by atoms with Gasteiger partial charge in [-0.3, -0.25) is 4.98 Å². The molecule has 1 unspecified atom stereocenters. The number of halogens is 1. The van der Waals surface area contributed by atoms with Gasteiger partial charge in [-0.15, -0.1) is 0 Å². The molecule has 4 nitrogen and oxygen atoms in total. The van der Waals surface area contributed by atoms with Gasteiger partial charge in [0.25, 0.3) is 0 Å². The van der Waals surface area contributed by atoms with E-state index in [4.69, 9.17) is 22.1 Å². The van der Waals surface area contributed by atoms with Gasteiger partial charge < -0.3 is 10.5 Å². The Bertz CT molecular complexity index is 504. The van der Waals surface area contributed by atoms with Crippen LogP contribution in [0.5, 0.6) is 0 Å². The van der Waals surface area contributed by atoms with Crippen molar-refractivity contribution in [3.63, 3.8) is 0 Å². The summed E-state index contributed by atoms with van der Waals surface area (Å²) in [5.41, 5.74) is 6.99. The van der Waals surface area contributed by atoms with Crippen molar-refractivity contribution in [3.05, 3.63) is 17.0 Å². The van der Waals surface area contributed by atoms with Crippen molar-refractivity contribution in [2.24, 2.45) is 11.3 Å². The average molecular weight is 312 g/mol. The SMILES string of the molecule is CC(C)C1(CCc2ncc(Cl)nc2N)CCOC(C)(C)C1. The lowest BCUT2D eigenvalue weighted by atomic mass is 9.64. The lowest BCUT2D eigenvalue weighted by Crippen LogP contribution is -2.44. The molecule has 0 aliphatic carbocycles. The highest BCUT2D eigenvalue weighted by molar-refractivity contribution is 6.29. The Morgan fingerprint density at radius 3 is 2.71 bits per heavy atom. The first kappa shape index (κ1) is 16.5. The Morgan fingerprint density at radius 2 is 2.14 bits per heavy atom. The van der Waals surface area contributed by atoms with Gasteiger partial charge in [-0.2, -0.15) is 0 Å². The van der Waals surface area contributed by atoms with E-state index in [0.29, 0.717) is 16.9 Å². The van der Waals surface area contributed by atoms with Crippen LogP contribution in [0, 0.1) is 11.3 Å². The zero-order valence-electron chi connectivity index (χ0n) is 13.4. The molecule has 1 fully saturated rings. The highest BCUT2D eigenvalue weighted by Gasteiger charge is 2.42. The van der Waals surface area contributed by atoms with E-state index in [2.05, 4.69) is 37.7 Å². The fourth-order valence-corrected chi connectivity index (χ4v) is 3.62. The fraction of sp³-hybridized carbons (Fsp3) is 0.750. The van der Waals surface area contributed by atoms with Crippen LogP contribution in [0.2, 0.25) is 5.15 Å². The minimum absolute atomic E-state index is 0.0558. The van der Waals surface area contributed by atoms with E-state index in [1.54, 1.807) is 6.20 Å². The van der Waals surface area contributed by atoms with Gasteiger partial charge in [0.05, 0.1) is 17.5 Å². The molecule has 0 radical (unpaired) electrons. The second-order valence-electron chi connectivity index (χ2n) is 7.08. The predicted molar refractivity (Wildman–Crippen MR) is 86.3 cm³/mol. The molecule has 0 amide bonds. The van der Waals surface area contributed by atoms with Crippen molar-refractivity contribution < 1.29 is 4.74 Å². The van der Waals surface area contributed by atoms with Gasteiger partial charge in [0.1, 0.15) is 11.0 Å². The maximum atomic E-state index is 5.93. The van der Waals surface area contributed by atoms with Gasteiger partial charge in [0.2, 0.25) is 0 Å². The molecule has 21 heavy (non-hydrogen) atoms. The Morgan fingerprint density at radius 1 is 1.43 bits per heavy atom. The summed E-state index contributed by atoms with van der Waals surface area (Å²) in [6.07, 6.45) is 5.62. The summed E-state index contributed by atoms with van der Waals surface area (Å²) in [6, 6.07) is 0. The van der Waals surface area contributed by atoms with Crippen LogP contribution in [-0.2, 0) is 11.2 Å². The number of aromatic nitrogens is 2. The summed E-state index contributed by atoms with van der Waals surface area (Å²) in [6.45, 7) is 9.79. The monoisotopic (exact) mass is 311 g/mol. The molecule has 1 aliphatic rings. The molecule has 118 valence electrons. The van der Waals surface area contributed by atoms with E-state index < -0.39 is 0 Å². The van der Waals surface area contributed by atoms with Crippen molar-refractivity contribution in [3.8, 4) is 0 Å². The molecule has 0 bridgehead atoms. The van der Waals surface area contributed by atoms with Gasteiger partial charge in [-0.1, -0.05) is 25.4 Å². The standard InChI is InChI=1S/C16H26ClN3O/c1-11(2)16(7-8-21-15(3,4)10-16)6-5-12-14(18)20-13(17)9-19-12/h9,11H,5-8,10H2,1-4H3,(H2,18,20). The Balaban J connectivity index is 2.13. The van der Waals surface area contributed by atoms with E-state index in [1.165, 1.54) is 0 Å². The van der Waals surface area contributed by atoms with Crippen molar-refractivity contribution in [2.75, 3.05) is 12.3 Å². The van der Waals surface area contributed by atoms with Crippen LogP contribution in [0.4, 0.5) is 5.82 Å². The van der Waals surface area contributed by atoms with E-state index in [-0.39, 0.29) is 11.0 Å². The lowest BCUT2D eigenvalue weighted by Gasteiger charge is -2.48. The number of anilines is 1. The largest absolute Gasteiger partial charge is 0.382 e. The van der Waals surface area contributed by atoms with Crippen molar-refractivity contribution in [1.29, 1.82) is 0 Å². The molecule has 1 aromatic heterocycles. The summed E-state index contributed by atoms with van der Waals surface area (Å²) < 4.78 is 5.89. The number of nitrogens with zero attached hydrogens (tertiary/aromatic N) is 2. The summed E-state index contributed by atoms with van der Waals surface area (Å²) in [4.78, 5) is 8.43. The molecule has 2 heterocycles. The maximum Gasteiger partial charge on any atom is 0.149 e. The van der Waals surface area contributed by atoms with Gasteiger partial charge in [0, 0.05) is 6.61 Å². The molecule has 2 rings (SSSR count). The molecular weight excluding hydrogens is 286 g/mol. The molecule has 0 aromatic carbocycles. The second kappa shape index (κ2) is 6.09. The number of aryl methyl sites for hydroxylation is 1. The molecule has 5 heteroatoms. The highest BCUT2D eigenvalue weighted by atomic mass is 35.5.